The van der Waals surface area contributed by atoms with E-state index in [0.717, 1.165) is 40.9 Å². The molecule has 0 unspecified atom stereocenters. The van der Waals surface area contributed by atoms with E-state index in [9.17, 15) is 9.59 Å². The molecule has 6 nitrogen and oxygen atoms in total. The molecule has 2 aromatic carbocycles. The topological polar surface area (TPSA) is 67.2 Å². The molecule has 0 spiro atoms. The molecule has 2 amide bonds. The normalized spacial score (nSPS) is 17.5. The minimum Gasteiger partial charge on any atom is -0.352 e. The van der Waals surface area contributed by atoms with Crippen molar-refractivity contribution in [3.8, 4) is 16.9 Å². The summed E-state index contributed by atoms with van der Waals surface area (Å²) in [6.45, 7) is 2.02. The second-order valence-corrected chi connectivity index (χ2v) is 11.3. The van der Waals surface area contributed by atoms with Gasteiger partial charge in [-0.1, -0.05) is 48.5 Å². The van der Waals surface area contributed by atoms with E-state index in [1.54, 1.807) is 28.0 Å². The van der Waals surface area contributed by atoms with Gasteiger partial charge in [0.25, 0.3) is 0 Å². The summed E-state index contributed by atoms with van der Waals surface area (Å²) in [7, 11) is 0. The average molecular weight is 515 g/mol. The number of carbonyl (C=O) groups is 2. The first kappa shape index (κ1) is 23.1. The van der Waals surface area contributed by atoms with Crippen LogP contribution in [0.1, 0.15) is 34.1 Å². The summed E-state index contributed by atoms with van der Waals surface area (Å²) in [5, 5.41) is 10.2. The molecule has 0 radical (unpaired) electrons. The number of aryl methyl sites for hydroxylation is 1. The van der Waals surface area contributed by atoms with E-state index in [4.69, 9.17) is 5.10 Å². The Bertz CT molecular complexity index is 1410. The van der Waals surface area contributed by atoms with Crippen LogP contribution in [0.3, 0.4) is 0 Å². The molecule has 1 atom stereocenters. The molecule has 1 aliphatic carbocycles. The first-order valence-electron chi connectivity index (χ1n) is 12.1. The zero-order valence-electron chi connectivity index (χ0n) is 19.9. The number of benzene rings is 2. The number of hydrogen-bond acceptors (Lipinski definition) is 5. The Morgan fingerprint density at radius 1 is 1.08 bits per heavy atom. The lowest BCUT2D eigenvalue weighted by molar-refractivity contribution is -0.123. The van der Waals surface area contributed by atoms with Gasteiger partial charge in [0.2, 0.25) is 11.8 Å². The fraction of sp³-hybridized carbons (Fsp3) is 0.250. The molecule has 2 aromatic heterocycles. The predicted molar refractivity (Wildman–Crippen MR) is 146 cm³/mol. The molecule has 1 fully saturated rings. The van der Waals surface area contributed by atoms with E-state index in [1.807, 2.05) is 54.1 Å². The zero-order chi connectivity index (χ0) is 24.6. The molecule has 8 heteroatoms. The molecule has 1 N–H and O–H groups in total. The van der Waals surface area contributed by atoms with Gasteiger partial charge in [0.15, 0.2) is 0 Å². The molecule has 0 bridgehead atoms. The van der Waals surface area contributed by atoms with Gasteiger partial charge >= 0.3 is 0 Å². The van der Waals surface area contributed by atoms with Gasteiger partial charge in [-0.2, -0.15) is 5.10 Å². The third-order valence-electron chi connectivity index (χ3n) is 6.43. The minimum atomic E-state index is -0.130. The maximum absolute atomic E-state index is 13.6. The Morgan fingerprint density at radius 3 is 2.64 bits per heavy atom. The van der Waals surface area contributed by atoms with E-state index < -0.39 is 0 Å². The lowest BCUT2D eigenvalue weighted by Gasteiger charge is -2.23. The Balaban J connectivity index is 1.60. The van der Waals surface area contributed by atoms with Crippen molar-refractivity contribution in [2.75, 3.05) is 17.2 Å². The number of nitrogens with zero attached hydrogens (tertiary/aromatic N) is 3. The first-order chi connectivity index (χ1) is 17.6. The lowest BCUT2D eigenvalue weighted by atomic mass is 10.0. The highest BCUT2D eigenvalue weighted by Crippen LogP contribution is 2.49. The van der Waals surface area contributed by atoms with Crippen molar-refractivity contribution in [2.24, 2.45) is 0 Å². The number of amides is 2. The molecule has 2 aliphatic rings. The standard InChI is InChI=1S/C28H26N4O2S2/c1-18-7-5-10-21(15-18)32-28-25(26(30-32)19-8-3-2-4-9-19)27(22-11-6-14-35-22)36-17-24(34)31(28)16-23(33)29-20-12-13-20/h2-11,14-15,20,27H,12-13,16-17H2,1H3,(H,29,33)/t27-/m1/s1. The van der Waals surface area contributed by atoms with Gasteiger partial charge in [0.05, 0.1) is 22.4 Å². The average Bonchev–Trinajstić information content (AvgIpc) is 3.40. The number of thiophene rings is 1. The van der Waals surface area contributed by atoms with Gasteiger partial charge in [-0.05, 0) is 48.9 Å². The van der Waals surface area contributed by atoms with Crippen LogP contribution in [-0.4, -0.2) is 39.9 Å². The summed E-state index contributed by atoms with van der Waals surface area (Å²) in [6, 6.07) is 22.6. The number of rotatable bonds is 6. The van der Waals surface area contributed by atoms with Crippen LogP contribution in [0.5, 0.6) is 0 Å². The summed E-state index contributed by atoms with van der Waals surface area (Å²) in [5.74, 6) is 0.754. The zero-order valence-corrected chi connectivity index (χ0v) is 21.5. The molecular formula is C28H26N4O2S2. The highest BCUT2D eigenvalue weighted by molar-refractivity contribution is 8.00. The van der Waals surface area contributed by atoms with E-state index in [0.29, 0.717) is 5.82 Å². The maximum Gasteiger partial charge on any atom is 0.240 e. The number of thioether (sulfide) groups is 1. The highest BCUT2D eigenvalue weighted by atomic mass is 32.2. The molecule has 4 aromatic rings. The number of hydrogen-bond donors (Lipinski definition) is 1. The predicted octanol–water partition coefficient (Wildman–Crippen LogP) is 5.36. The number of anilines is 1. The number of aromatic nitrogens is 2. The van der Waals surface area contributed by atoms with Crippen molar-refractivity contribution < 1.29 is 9.59 Å². The minimum absolute atomic E-state index is 0.0220. The van der Waals surface area contributed by atoms with Crippen LogP contribution in [-0.2, 0) is 9.59 Å². The van der Waals surface area contributed by atoms with Crippen molar-refractivity contribution >= 4 is 40.7 Å². The number of carbonyl (C=O) groups excluding carboxylic acids is 2. The smallest absolute Gasteiger partial charge is 0.240 e. The van der Waals surface area contributed by atoms with Crippen LogP contribution in [0.2, 0.25) is 0 Å². The lowest BCUT2D eigenvalue weighted by Crippen LogP contribution is -2.43. The molecular weight excluding hydrogens is 488 g/mol. The maximum atomic E-state index is 13.6. The second-order valence-electron chi connectivity index (χ2n) is 9.23. The van der Waals surface area contributed by atoms with Crippen LogP contribution >= 0.6 is 23.1 Å². The summed E-state index contributed by atoms with van der Waals surface area (Å²) in [4.78, 5) is 29.4. The number of fused-ring (bicyclic) bond motifs is 1. The van der Waals surface area contributed by atoms with E-state index in [1.165, 1.54) is 4.88 Å². The Kier molecular flexibility index (Phi) is 6.15. The van der Waals surface area contributed by atoms with Crippen LogP contribution in [0, 0.1) is 6.92 Å². The summed E-state index contributed by atoms with van der Waals surface area (Å²) in [6.07, 6.45) is 2.00. The SMILES string of the molecule is Cc1cccc(-n2nc(-c3ccccc3)c3c2N(CC(=O)NC2CC2)C(=O)CS[C@@H]3c2cccs2)c1. The van der Waals surface area contributed by atoms with Crippen LogP contribution in [0.25, 0.3) is 16.9 Å². The van der Waals surface area contributed by atoms with Gasteiger partial charge in [-0.3, -0.25) is 14.5 Å². The van der Waals surface area contributed by atoms with Crippen LogP contribution < -0.4 is 10.2 Å². The van der Waals surface area contributed by atoms with E-state index in [2.05, 4.69) is 35.0 Å². The van der Waals surface area contributed by atoms with Gasteiger partial charge in [0.1, 0.15) is 12.4 Å². The quantitative estimate of drug-likeness (QED) is 0.376. The Labute approximate surface area is 218 Å². The number of nitrogens with one attached hydrogen (secondary N) is 1. The molecule has 6 rings (SSSR count). The Hall–Kier alpha value is -3.36. The molecule has 3 heterocycles. The van der Waals surface area contributed by atoms with Gasteiger partial charge in [0, 0.05) is 22.0 Å². The fourth-order valence-electron chi connectivity index (χ4n) is 4.58. The van der Waals surface area contributed by atoms with Crippen molar-refractivity contribution in [3.05, 3.63) is 88.1 Å². The van der Waals surface area contributed by atoms with Crippen molar-refractivity contribution in [3.63, 3.8) is 0 Å². The molecule has 36 heavy (non-hydrogen) atoms. The summed E-state index contributed by atoms with van der Waals surface area (Å²) >= 11 is 3.28. The second kappa shape index (κ2) is 9.59. The van der Waals surface area contributed by atoms with E-state index in [-0.39, 0.29) is 35.4 Å². The van der Waals surface area contributed by atoms with Gasteiger partial charge in [-0.25, -0.2) is 4.68 Å². The molecule has 1 aliphatic heterocycles. The first-order valence-corrected chi connectivity index (χ1v) is 14.0. The van der Waals surface area contributed by atoms with Crippen LogP contribution in [0.4, 0.5) is 5.82 Å². The largest absolute Gasteiger partial charge is 0.352 e. The summed E-state index contributed by atoms with van der Waals surface area (Å²) in [5.41, 5.74) is 4.76. The van der Waals surface area contributed by atoms with E-state index >= 15 is 0 Å². The monoisotopic (exact) mass is 514 g/mol. The van der Waals surface area contributed by atoms with Crippen LogP contribution in [0.15, 0.2) is 72.1 Å². The van der Waals surface area contributed by atoms with Gasteiger partial charge < -0.3 is 5.32 Å². The fourth-order valence-corrected chi connectivity index (χ4v) is 6.75. The molecule has 182 valence electrons. The van der Waals surface area contributed by atoms with Crippen molar-refractivity contribution in [1.29, 1.82) is 0 Å². The molecule has 0 saturated heterocycles. The third kappa shape index (κ3) is 4.47. The summed E-state index contributed by atoms with van der Waals surface area (Å²) < 4.78 is 1.86. The third-order valence-corrected chi connectivity index (χ3v) is 8.75. The van der Waals surface area contributed by atoms with Gasteiger partial charge in [-0.15, -0.1) is 23.1 Å². The highest BCUT2D eigenvalue weighted by Gasteiger charge is 2.38. The van der Waals surface area contributed by atoms with Crippen molar-refractivity contribution in [1.82, 2.24) is 15.1 Å². The molecule has 1 saturated carbocycles. The van der Waals surface area contributed by atoms with Crippen molar-refractivity contribution in [2.45, 2.75) is 31.1 Å². The Morgan fingerprint density at radius 2 is 1.92 bits per heavy atom.